The largest absolute Gasteiger partial charge is 0.450 e. The number of carbonyl (C=O) groups is 1. The van der Waals surface area contributed by atoms with Crippen LogP contribution in [0.15, 0.2) is 0 Å². The van der Waals surface area contributed by atoms with E-state index in [1.165, 1.54) is 38.9 Å². The van der Waals surface area contributed by atoms with Crippen molar-refractivity contribution in [1.82, 2.24) is 10.2 Å². The molecule has 0 aromatic heterocycles. The molecule has 3 fully saturated rings. The average Bonchev–Trinajstić information content (AvgIpc) is 2.89. The molecule has 1 amide bonds. The van der Waals surface area contributed by atoms with Crippen LogP contribution in [0, 0.1) is 0 Å². The summed E-state index contributed by atoms with van der Waals surface area (Å²) in [7, 11) is 1.59. The second-order valence-electron chi connectivity index (χ2n) is 5.37. The zero-order valence-electron chi connectivity index (χ0n) is 10.5. The van der Waals surface area contributed by atoms with Crippen molar-refractivity contribution in [2.75, 3.05) is 33.3 Å². The quantitative estimate of drug-likeness (QED) is 0.488. The van der Waals surface area contributed by atoms with Gasteiger partial charge in [0.25, 0.3) is 0 Å². The first-order valence-electron chi connectivity index (χ1n) is 6.75. The van der Waals surface area contributed by atoms with Crippen LogP contribution in [0.2, 0.25) is 0 Å². The molecule has 0 aromatic rings. The first kappa shape index (κ1) is 11.3. The molecule has 0 saturated carbocycles. The maximum Gasteiger partial charge on any atom is 0.406 e. The molecule has 3 saturated heterocycles. The van der Waals surface area contributed by atoms with Crippen molar-refractivity contribution in [3.63, 3.8) is 0 Å². The Morgan fingerprint density at radius 2 is 2.41 bits per heavy atom. The normalized spacial score (nSPS) is 37.9. The molecule has 3 unspecified atom stereocenters. The molecule has 0 aliphatic carbocycles. The van der Waals surface area contributed by atoms with Crippen LogP contribution in [-0.2, 0) is 4.74 Å². The molecule has 3 aliphatic rings. The highest BCUT2D eigenvalue weighted by Gasteiger charge is 2.78. The molecule has 5 nitrogen and oxygen atoms in total. The van der Waals surface area contributed by atoms with Crippen molar-refractivity contribution < 1.29 is 14.4 Å². The molecule has 0 radical (unpaired) electrons. The average molecular weight is 240 g/mol. The number of nitrogens with zero attached hydrogens (tertiary/aromatic N) is 1. The zero-order valence-corrected chi connectivity index (χ0v) is 10.5. The molecular formula is C12H22N3O2+. The van der Waals surface area contributed by atoms with Gasteiger partial charge in [0.1, 0.15) is 0 Å². The Hall–Kier alpha value is -0.810. The van der Waals surface area contributed by atoms with Crippen LogP contribution in [-0.4, -0.2) is 56.0 Å². The molecular weight excluding hydrogens is 218 g/mol. The Morgan fingerprint density at radius 1 is 1.53 bits per heavy atom. The number of quaternary nitrogens is 1. The van der Waals surface area contributed by atoms with Crippen molar-refractivity contribution in [3.05, 3.63) is 0 Å². The molecule has 5 heteroatoms. The van der Waals surface area contributed by atoms with Crippen LogP contribution < -0.4 is 10.2 Å². The molecule has 3 atom stereocenters. The van der Waals surface area contributed by atoms with E-state index >= 15 is 0 Å². The molecule has 17 heavy (non-hydrogen) atoms. The first-order chi connectivity index (χ1) is 8.29. The number of ether oxygens (including phenoxy) is 1. The SMILES string of the molecule is CNC(=O)OCCCCC1[NH+]2CCN3CCC132. The topological polar surface area (TPSA) is 46.0 Å². The number of rotatable bonds is 5. The highest BCUT2D eigenvalue weighted by atomic mass is 16.5. The summed E-state index contributed by atoms with van der Waals surface area (Å²) in [4.78, 5) is 15.3. The summed E-state index contributed by atoms with van der Waals surface area (Å²) < 4.78 is 4.98. The number of alkyl carbamates (subject to hydrolysis) is 1. The third-order valence-electron chi connectivity index (χ3n) is 4.77. The number of amides is 1. The fraction of sp³-hybridized carbons (Fsp3) is 0.917. The predicted molar refractivity (Wildman–Crippen MR) is 62.8 cm³/mol. The van der Waals surface area contributed by atoms with Crippen molar-refractivity contribution in [2.45, 2.75) is 37.4 Å². The van der Waals surface area contributed by atoms with E-state index in [-0.39, 0.29) is 6.09 Å². The van der Waals surface area contributed by atoms with Gasteiger partial charge in [-0.25, -0.2) is 9.69 Å². The van der Waals surface area contributed by atoms with Gasteiger partial charge in [0.15, 0.2) is 6.04 Å². The van der Waals surface area contributed by atoms with Gasteiger partial charge in [0.2, 0.25) is 5.66 Å². The number of piperazine rings is 1. The van der Waals surface area contributed by atoms with E-state index in [9.17, 15) is 4.79 Å². The number of carbonyl (C=O) groups excluding carboxylic acids is 1. The number of unbranched alkanes of at least 4 members (excludes halogenated alkanes) is 1. The van der Waals surface area contributed by atoms with Crippen molar-refractivity contribution in [2.24, 2.45) is 0 Å². The summed E-state index contributed by atoms with van der Waals surface area (Å²) in [5.74, 6) is 0. The monoisotopic (exact) mass is 240 g/mol. The van der Waals surface area contributed by atoms with Crippen LogP contribution in [0.5, 0.6) is 0 Å². The van der Waals surface area contributed by atoms with Gasteiger partial charge in [-0.15, -0.1) is 0 Å². The summed E-state index contributed by atoms with van der Waals surface area (Å²) in [6.45, 7) is 4.53. The van der Waals surface area contributed by atoms with Gasteiger partial charge in [-0.2, -0.15) is 0 Å². The minimum Gasteiger partial charge on any atom is -0.450 e. The molecule has 2 N–H and O–H groups in total. The van der Waals surface area contributed by atoms with Crippen molar-refractivity contribution >= 4 is 6.09 Å². The molecule has 0 bridgehead atoms. The molecule has 1 spiro atoms. The standard InChI is InChI=1S/C12H21N3O2/c1-13-11(16)17-9-3-2-4-10-12-5-6-14(12)7-8-15(10)12/h10H,2-9H2,1H3,(H,13,16)/p+1. The predicted octanol–water partition coefficient (Wildman–Crippen LogP) is -0.805. The van der Waals surface area contributed by atoms with Crippen LogP contribution >= 0.6 is 0 Å². The van der Waals surface area contributed by atoms with Crippen LogP contribution in [0.25, 0.3) is 0 Å². The van der Waals surface area contributed by atoms with E-state index in [0.29, 0.717) is 12.3 Å². The highest BCUT2D eigenvalue weighted by Crippen LogP contribution is 2.41. The molecule has 0 aromatic carbocycles. The molecule has 3 heterocycles. The van der Waals surface area contributed by atoms with Gasteiger partial charge >= 0.3 is 6.09 Å². The lowest BCUT2D eigenvalue weighted by atomic mass is 9.97. The molecule has 3 rings (SSSR count). The maximum atomic E-state index is 10.8. The lowest BCUT2D eigenvalue weighted by Gasteiger charge is -2.32. The van der Waals surface area contributed by atoms with Crippen molar-refractivity contribution in [1.29, 1.82) is 0 Å². The maximum absolute atomic E-state index is 10.8. The van der Waals surface area contributed by atoms with Gasteiger partial charge in [0, 0.05) is 26.4 Å². The lowest BCUT2D eigenvalue weighted by molar-refractivity contribution is -0.800. The Morgan fingerprint density at radius 3 is 3.06 bits per heavy atom. The minimum atomic E-state index is -0.313. The second kappa shape index (κ2) is 4.14. The van der Waals surface area contributed by atoms with Crippen LogP contribution in [0.1, 0.15) is 25.7 Å². The van der Waals surface area contributed by atoms with Gasteiger partial charge < -0.3 is 15.0 Å². The highest BCUT2D eigenvalue weighted by molar-refractivity contribution is 5.66. The zero-order chi connectivity index (χ0) is 11.9. The molecule has 3 aliphatic heterocycles. The Balaban J connectivity index is 1.31. The van der Waals surface area contributed by atoms with Gasteiger partial charge in [-0.05, 0) is 12.8 Å². The first-order valence-corrected chi connectivity index (χ1v) is 6.75. The fourth-order valence-electron chi connectivity index (χ4n) is 3.83. The summed E-state index contributed by atoms with van der Waals surface area (Å²) >= 11 is 0. The van der Waals surface area contributed by atoms with Crippen LogP contribution in [0.3, 0.4) is 0 Å². The smallest absolute Gasteiger partial charge is 0.406 e. The van der Waals surface area contributed by atoms with Crippen molar-refractivity contribution in [3.8, 4) is 0 Å². The Kier molecular flexibility index (Phi) is 2.75. The summed E-state index contributed by atoms with van der Waals surface area (Å²) in [5.41, 5.74) is 0.585. The van der Waals surface area contributed by atoms with E-state index in [1.54, 1.807) is 7.05 Å². The number of hydrogen-bond donors (Lipinski definition) is 2. The van der Waals surface area contributed by atoms with E-state index in [1.807, 2.05) is 4.90 Å². The summed E-state index contributed by atoms with van der Waals surface area (Å²) in [6, 6.07) is 0.880. The number of nitrogens with one attached hydrogen (secondary N) is 2. The molecule has 96 valence electrons. The third kappa shape index (κ3) is 1.64. The van der Waals surface area contributed by atoms with Gasteiger partial charge in [-0.1, -0.05) is 0 Å². The number of hydrogen-bond acceptors (Lipinski definition) is 3. The Bertz CT molecular complexity index is 323. The van der Waals surface area contributed by atoms with Gasteiger partial charge in [0.05, 0.1) is 19.7 Å². The fourth-order valence-corrected chi connectivity index (χ4v) is 3.83. The minimum absolute atomic E-state index is 0.313. The third-order valence-corrected chi connectivity index (χ3v) is 4.77. The van der Waals surface area contributed by atoms with E-state index in [0.717, 1.165) is 12.5 Å². The van der Waals surface area contributed by atoms with Gasteiger partial charge in [-0.3, -0.25) is 0 Å². The van der Waals surface area contributed by atoms with E-state index < -0.39 is 0 Å². The van der Waals surface area contributed by atoms with E-state index in [4.69, 9.17) is 4.74 Å². The Labute approximate surface area is 102 Å². The van der Waals surface area contributed by atoms with E-state index in [2.05, 4.69) is 10.2 Å². The summed E-state index contributed by atoms with van der Waals surface area (Å²) in [6.07, 6.45) is 4.56. The summed E-state index contributed by atoms with van der Waals surface area (Å²) in [5, 5.41) is 2.46. The second-order valence-corrected chi connectivity index (χ2v) is 5.37. The lowest BCUT2D eigenvalue weighted by Crippen LogP contribution is -2.98. The van der Waals surface area contributed by atoms with Crippen LogP contribution in [0.4, 0.5) is 4.79 Å².